The number of aryl methyl sites for hydroxylation is 1. The fourth-order valence-electron chi connectivity index (χ4n) is 8.53. The number of Topliss-reactive ketones (excluding diaryl/α,β-unsaturated/α-hetero) is 1. The van der Waals surface area contributed by atoms with E-state index in [1.165, 1.54) is 28.8 Å². The lowest BCUT2D eigenvalue weighted by Crippen LogP contribution is -2.57. The second kappa shape index (κ2) is 17.9. The van der Waals surface area contributed by atoms with Crippen LogP contribution in [0.15, 0.2) is 73.2 Å². The molecule has 2 N–H and O–H groups in total. The van der Waals surface area contributed by atoms with E-state index in [1.807, 2.05) is 36.8 Å². The van der Waals surface area contributed by atoms with E-state index in [-0.39, 0.29) is 30.5 Å². The van der Waals surface area contributed by atoms with E-state index in [9.17, 15) is 13.6 Å². The van der Waals surface area contributed by atoms with E-state index < -0.39 is 5.92 Å². The van der Waals surface area contributed by atoms with Gasteiger partial charge in [-0.25, -0.2) is 8.78 Å². The average molecular weight is 687 g/mol. The Kier molecular flexibility index (Phi) is 13.1. The number of unbranched alkanes of at least 4 members (excludes halogenated alkanes) is 1. The molecule has 1 aromatic carbocycles. The van der Waals surface area contributed by atoms with Gasteiger partial charge in [0.25, 0.3) is 0 Å². The summed E-state index contributed by atoms with van der Waals surface area (Å²) >= 11 is 0. The van der Waals surface area contributed by atoms with Gasteiger partial charge in [0.1, 0.15) is 5.78 Å². The molecule has 2 fully saturated rings. The molecule has 0 bridgehead atoms. The number of aromatic nitrogens is 2. The number of ketones is 1. The molecule has 3 heterocycles. The second-order valence-electron chi connectivity index (χ2n) is 14.9. The molecular weight excluding hydrogens is 630 g/mol. The van der Waals surface area contributed by atoms with E-state index in [1.54, 1.807) is 0 Å². The van der Waals surface area contributed by atoms with E-state index >= 15 is 0 Å². The number of hydrogen-bond donors (Lipinski definition) is 1. The number of nitrogens with two attached hydrogens (primary N) is 1. The summed E-state index contributed by atoms with van der Waals surface area (Å²) in [5.41, 5.74) is 11.0. The molecule has 3 atom stereocenters. The maximum Gasteiger partial charge on any atom is 0.248 e. The summed E-state index contributed by atoms with van der Waals surface area (Å²) in [6.45, 7) is 7.34. The Bertz CT molecular complexity index is 1470. The van der Waals surface area contributed by atoms with Gasteiger partial charge in [0, 0.05) is 82.5 Å². The molecule has 7 nitrogen and oxygen atoms in total. The first-order valence-electron chi connectivity index (χ1n) is 19.1. The number of pyridine rings is 2. The number of alkyl halides is 2. The SMILES string of the molecule is NCCCCN(C[C@H]1CN(CC[C@H](CC(=O)C2CCC(F)(F)CC2)c2ccccc2)CCN1Cc1ccncc1)[C@H]1CCCc2cccnc21. The molecule has 9 heteroatoms. The summed E-state index contributed by atoms with van der Waals surface area (Å²) in [5, 5.41) is 0. The Morgan fingerprint density at radius 3 is 2.56 bits per heavy atom. The molecular formula is C41H56F2N6O. The number of rotatable bonds is 16. The van der Waals surface area contributed by atoms with Crippen molar-refractivity contribution < 1.29 is 13.6 Å². The average Bonchev–Trinajstić information content (AvgIpc) is 3.14. The zero-order valence-corrected chi connectivity index (χ0v) is 29.7. The molecule has 2 aromatic heterocycles. The van der Waals surface area contributed by atoms with Gasteiger partial charge in [0.15, 0.2) is 0 Å². The summed E-state index contributed by atoms with van der Waals surface area (Å²) in [4.78, 5) is 30.6. The molecule has 2 aliphatic carbocycles. The highest BCUT2D eigenvalue weighted by Gasteiger charge is 2.38. The predicted molar refractivity (Wildman–Crippen MR) is 195 cm³/mol. The molecule has 0 radical (unpaired) electrons. The van der Waals surface area contributed by atoms with Gasteiger partial charge in [-0.3, -0.25) is 24.6 Å². The van der Waals surface area contributed by atoms with Crippen LogP contribution in [0.25, 0.3) is 0 Å². The fraction of sp³-hybridized carbons (Fsp3) is 0.585. The van der Waals surface area contributed by atoms with Crippen LogP contribution in [0.4, 0.5) is 8.78 Å². The maximum atomic E-state index is 13.9. The zero-order chi connectivity index (χ0) is 34.8. The Balaban J connectivity index is 1.17. The first kappa shape index (κ1) is 36.7. The summed E-state index contributed by atoms with van der Waals surface area (Å²) < 4.78 is 27.7. The monoisotopic (exact) mass is 686 g/mol. The number of carbonyl (C=O) groups excluding carboxylic acids is 1. The summed E-state index contributed by atoms with van der Waals surface area (Å²) in [6.07, 6.45) is 12.8. The van der Waals surface area contributed by atoms with Crippen molar-refractivity contribution in [2.24, 2.45) is 11.7 Å². The minimum atomic E-state index is -2.62. The fourth-order valence-corrected chi connectivity index (χ4v) is 8.53. The van der Waals surface area contributed by atoms with Crippen molar-refractivity contribution in [1.82, 2.24) is 24.7 Å². The molecule has 0 spiro atoms. The highest BCUT2D eigenvalue weighted by Crippen LogP contribution is 2.38. The Morgan fingerprint density at radius 1 is 0.980 bits per heavy atom. The van der Waals surface area contributed by atoms with Crippen molar-refractivity contribution in [3.8, 4) is 0 Å². The third-order valence-electron chi connectivity index (χ3n) is 11.5. The number of fused-ring (bicyclic) bond motifs is 1. The van der Waals surface area contributed by atoms with Gasteiger partial charge in [0.05, 0.1) is 11.7 Å². The quantitative estimate of drug-likeness (QED) is 0.162. The summed E-state index contributed by atoms with van der Waals surface area (Å²) in [7, 11) is 0. The van der Waals surface area contributed by atoms with E-state index in [2.05, 4.69) is 56.1 Å². The third-order valence-corrected chi connectivity index (χ3v) is 11.5. The molecule has 270 valence electrons. The minimum Gasteiger partial charge on any atom is -0.330 e. The van der Waals surface area contributed by atoms with Crippen LogP contribution >= 0.6 is 0 Å². The molecule has 50 heavy (non-hydrogen) atoms. The Hall–Kier alpha value is -3.11. The third kappa shape index (κ3) is 10.0. The number of halogens is 2. The van der Waals surface area contributed by atoms with Gasteiger partial charge >= 0.3 is 0 Å². The first-order chi connectivity index (χ1) is 24.4. The van der Waals surface area contributed by atoms with Crippen molar-refractivity contribution in [1.29, 1.82) is 0 Å². The van der Waals surface area contributed by atoms with Crippen LogP contribution in [-0.4, -0.2) is 88.2 Å². The maximum absolute atomic E-state index is 13.9. The van der Waals surface area contributed by atoms with Crippen LogP contribution in [0.2, 0.25) is 0 Å². The Labute approximate surface area is 297 Å². The highest BCUT2D eigenvalue weighted by molar-refractivity contribution is 5.82. The molecule has 1 saturated carbocycles. The van der Waals surface area contributed by atoms with Crippen molar-refractivity contribution >= 4 is 5.78 Å². The number of piperazine rings is 1. The van der Waals surface area contributed by atoms with Gasteiger partial charge < -0.3 is 10.6 Å². The number of benzene rings is 1. The first-order valence-corrected chi connectivity index (χ1v) is 19.1. The van der Waals surface area contributed by atoms with Crippen molar-refractivity contribution in [2.75, 3.05) is 45.8 Å². The van der Waals surface area contributed by atoms with E-state index in [4.69, 9.17) is 10.7 Å². The number of nitrogens with zero attached hydrogens (tertiary/aromatic N) is 5. The minimum absolute atomic E-state index is 0.0806. The van der Waals surface area contributed by atoms with Crippen molar-refractivity contribution in [3.05, 3.63) is 95.6 Å². The topological polar surface area (TPSA) is 78.6 Å². The molecule has 1 aliphatic heterocycles. The van der Waals surface area contributed by atoms with Crippen LogP contribution in [0.5, 0.6) is 0 Å². The molecule has 6 rings (SSSR count). The summed E-state index contributed by atoms with van der Waals surface area (Å²) in [5.74, 6) is -2.63. The van der Waals surface area contributed by atoms with Gasteiger partial charge in [-0.15, -0.1) is 0 Å². The molecule has 3 aromatic rings. The van der Waals surface area contributed by atoms with Gasteiger partial charge in [-0.1, -0.05) is 36.4 Å². The largest absolute Gasteiger partial charge is 0.330 e. The molecule has 0 amide bonds. The lowest BCUT2D eigenvalue weighted by Gasteiger charge is -2.45. The second-order valence-corrected chi connectivity index (χ2v) is 14.9. The normalized spacial score (nSPS) is 22.3. The zero-order valence-electron chi connectivity index (χ0n) is 29.7. The van der Waals surface area contributed by atoms with Crippen LogP contribution in [-0.2, 0) is 17.8 Å². The highest BCUT2D eigenvalue weighted by atomic mass is 19.3. The van der Waals surface area contributed by atoms with E-state index in [0.717, 1.165) is 77.9 Å². The van der Waals surface area contributed by atoms with Crippen LogP contribution in [0.3, 0.4) is 0 Å². The molecule has 1 saturated heterocycles. The molecule has 3 aliphatic rings. The number of hydrogen-bond acceptors (Lipinski definition) is 7. The van der Waals surface area contributed by atoms with Crippen molar-refractivity contribution in [2.45, 2.75) is 101 Å². The van der Waals surface area contributed by atoms with Crippen LogP contribution in [0.1, 0.15) is 98.6 Å². The van der Waals surface area contributed by atoms with Gasteiger partial charge in [-0.05, 0) is 112 Å². The van der Waals surface area contributed by atoms with Crippen LogP contribution in [0, 0.1) is 5.92 Å². The standard InChI is InChI=1S/C41H56F2N6O/c42-41(43)18-13-34(14-19-41)39(50)28-36(33-8-2-1-3-9-33)17-25-47-26-27-48(29-32-15-22-45-23-16-32)37(30-47)31-49(24-5-4-20-44)38-12-6-10-35-11-7-21-46-40(35)38/h1-3,7-9,11,15-16,21-23,34,36-38H,4-6,10,12-14,17-20,24-31,44H2/t36-,37-,38+/m1/s1. The lowest BCUT2D eigenvalue weighted by atomic mass is 9.79. The van der Waals surface area contributed by atoms with Gasteiger partial charge in [0.2, 0.25) is 5.92 Å². The van der Waals surface area contributed by atoms with Gasteiger partial charge in [-0.2, -0.15) is 0 Å². The number of carbonyl (C=O) groups is 1. The van der Waals surface area contributed by atoms with Crippen molar-refractivity contribution in [3.63, 3.8) is 0 Å². The Morgan fingerprint density at radius 2 is 1.78 bits per heavy atom. The lowest BCUT2D eigenvalue weighted by molar-refractivity contribution is -0.127. The predicted octanol–water partition coefficient (Wildman–Crippen LogP) is 7.04. The van der Waals surface area contributed by atoms with Crippen LogP contribution < -0.4 is 5.73 Å². The smallest absolute Gasteiger partial charge is 0.248 e. The van der Waals surface area contributed by atoms with E-state index in [0.29, 0.717) is 37.9 Å². The summed E-state index contributed by atoms with van der Waals surface area (Å²) in [6, 6.07) is 19.5. The molecule has 0 unspecified atom stereocenters.